The number of nitro groups is 1. The topological polar surface area (TPSA) is 144 Å². The van der Waals surface area contributed by atoms with E-state index in [0.717, 1.165) is 6.33 Å². The number of aromatic nitrogens is 3. The number of amides is 1. The van der Waals surface area contributed by atoms with E-state index < -0.39 is 16.5 Å². The molecule has 0 unspecified atom stereocenters. The Morgan fingerprint density at radius 2 is 1.82 bits per heavy atom. The van der Waals surface area contributed by atoms with E-state index in [1.807, 2.05) is 0 Å². The van der Waals surface area contributed by atoms with Crippen LogP contribution in [0.3, 0.4) is 0 Å². The summed E-state index contributed by atoms with van der Waals surface area (Å²) in [6.07, 6.45) is 4.19. The van der Waals surface area contributed by atoms with E-state index >= 15 is 0 Å². The van der Waals surface area contributed by atoms with E-state index in [1.54, 1.807) is 36.4 Å². The summed E-state index contributed by atoms with van der Waals surface area (Å²) >= 11 is 0. The molecule has 2 heterocycles. The van der Waals surface area contributed by atoms with Crippen molar-refractivity contribution in [3.8, 4) is 5.75 Å². The minimum absolute atomic E-state index is 0.0414. The van der Waals surface area contributed by atoms with Gasteiger partial charge in [-0.2, -0.15) is 0 Å². The van der Waals surface area contributed by atoms with Gasteiger partial charge in [0, 0.05) is 18.1 Å². The molecule has 0 saturated heterocycles. The molecule has 1 aromatic carbocycles. The smallest absolute Gasteiger partial charge is 0.355 e. The van der Waals surface area contributed by atoms with Gasteiger partial charge in [0.15, 0.2) is 0 Å². The number of para-hydroxylation sites is 1. The summed E-state index contributed by atoms with van der Waals surface area (Å²) in [5, 5.41) is 14.4. The van der Waals surface area contributed by atoms with E-state index in [9.17, 15) is 14.9 Å². The second-order valence-corrected chi connectivity index (χ2v) is 5.32. The number of nitrogens with zero attached hydrogens (tertiary/aromatic N) is 4. The summed E-state index contributed by atoms with van der Waals surface area (Å²) in [4.78, 5) is 34.9. The first kappa shape index (κ1) is 18.5. The number of hydrogen-bond donors (Lipinski definition) is 3. The maximum Gasteiger partial charge on any atom is 0.355 e. The van der Waals surface area contributed by atoms with Crippen molar-refractivity contribution in [1.82, 2.24) is 20.4 Å². The molecule has 0 bridgehead atoms. The SMILES string of the molecule is COc1ccccc1C(=O)NNc1ncnc(Nc2ccncc2)c1[N+](=O)[O-]. The minimum Gasteiger partial charge on any atom is -0.496 e. The normalized spacial score (nSPS) is 10.0. The molecule has 3 N–H and O–H groups in total. The minimum atomic E-state index is -0.652. The summed E-state index contributed by atoms with van der Waals surface area (Å²) in [5.41, 5.74) is 5.22. The average Bonchev–Trinajstić information content (AvgIpc) is 2.72. The van der Waals surface area contributed by atoms with Crippen LogP contribution in [0.2, 0.25) is 0 Å². The van der Waals surface area contributed by atoms with Crippen molar-refractivity contribution in [2.24, 2.45) is 0 Å². The molecule has 3 rings (SSSR count). The van der Waals surface area contributed by atoms with Crippen molar-refractivity contribution < 1.29 is 14.5 Å². The number of carbonyl (C=O) groups is 1. The predicted molar refractivity (Wildman–Crippen MR) is 100 cm³/mol. The van der Waals surface area contributed by atoms with Gasteiger partial charge in [-0.15, -0.1) is 0 Å². The van der Waals surface area contributed by atoms with Crippen LogP contribution in [-0.2, 0) is 0 Å². The molecular weight excluding hydrogens is 366 g/mol. The lowest BCUT2D eigenvalue weighted by molar-refractivity contribution is -0.383. The number of hydrazine groups is 1. The zero-order chi connectivity index (χ0) is 19.9. The van der Waals surface area contributed by atoms with E-state index in [1.165, 1.54) is 19.5 Å². The fraction of sp³-hybridized carbons (Fsp3) is 0.0588. The van der Waals surface area contributed by atoms with Crippen LogP contribution >= 0.6 is 0 Å². The van der Waals surface area contributed by atoms with Crippen molar-refractivity contribution in [1.29, 1.82) is 0 Å². The fourth-order valence-electron chi connectivity index (χ4n) is 2.32. The van der Waals surface area contributed by atoms with Gasteiger partial charge in [0.2, 0.25) is 11.6 Å². The molecule has 0 spiro atoms. The molecule has 0 aliphatic heterocycles. The second kappa shape index (κ2) is 8.40. The lowest BCUT2D eigenvalue weighted by atomic mass is 10.2. The van der Waals surface area contributed by atoms with Crippen LogP contribution in [0.15, 0.2) is 55.1 Å². The number of anilines is 3. The molecule has 0 saturated carbocycles. The second-order valence-electron chi connectivity index (χ2n) is 5.32. The quantitative estimate of drug-likeness (QED) is 0.414. The number of hydrogen-bond acceptors (Lipinski definition) is 9. The van der Waals surface area contributed by atoms with Gasteiger partial charge >= 0.3 is 5.69 Å². The third-order valence-corrected chi connectivity index (χ3v) is 3.59. The first-order chi connectivity index (χ1) is 13.6. The van der Waals surface area contributed by atoms with Crippen LogP contribution in [0.25, 0.3) is 0 Å². The highest BCUT2D eigenvalue weighted by Gasteiger charge is 2.24. The van der Waals surface area contributed by atoms with Gasteiger partial charge in [-0.25, -0.2) is 9.97 Å². The molecule has 0 aliphatic rings. The molecule has 142 valence electrons. The molecule has 2 aromatic heterocycles. The summed E-state index contributed by atoms with van der Waals surface area (Å²) < 4.78 is 5.13. The maximum absolute atomic E-state index is 12.4. The summed E-state index contributed by atoms with van der Waals surface area (Å²) in [7, 11) is 1.44. The third-order valence-electron chi connectivity index (χ3n) is 3.59. The first-order valence-electron chi connectivity index (χ1n) is 7.96. The number of carbonyl (C=O) groups excluding carboxylic acids is 1. The number of nitrogens with one attached hydrogen (secondary N) is 3. The first-order valence-corrected chi connectivity index (χ1v) is 7.96. The molecule has 0 radical (unpaired) electrons. The van der Waals surface area contributed by atoms with Gasteiger partial charge in [0.25, 0.3) is 5.91 Å². The number of methoxy groups -OCH3 is 1. The van der Waals surface area contributed by atoms with E-state index in [0.29, 0.717) is 11.4 Å². The van der Waals surface area contributed by atoms with Gasteiger partial charge < -0.3 is 10.1 Å². The maximum atomic E-state index is 12.4. The Kier molecular flexibility index (Phi) is 5.55. The molecule has 0 aliphatic carbocycles. The number of pyridine rings is 1. The van der Waals surface area contributed by atoms with Crippen LogP contribution in [0.5, 0.6) is 5.75 Å². The Labute approximate surface area is 158 Å². The van der Waals surface area contributed by atoms with Crippen molar-refractivity contribution in [2.75, 3.05) is 17.9 Å². The van der Waals surface area contributed by atoms with E-state index in [4.69, 9.17) is 4.74 Å². The van der Waals surface area contributed by atoms with Crippen molar-refractivity contribution in [3.05, 3.63) is 70.8 Å². The Balaban J connectivity index is 1.83. The molecule has 28 heavy (non-hydrogen) atoms. The highest BCUT2D eigenvalue weighted by Crippen LogP contribution is 2.30. The Hall–Kier alpha value is -4.28. The zero-order valence-electron chi connectivity index (χ0n) is 14.6. The molecule has 0 atom stereocenters. The number of rotatable bonds is 7. The van der Waals surface area contributed by atoms with Gasteiger partial charge in [0.05, 0.1) is 17.6 Å². The largest absolute Gasteiger partial charge is 0.496 e. The average molecular weight is 381 g/mol. The van der Waals surface area contributed by atoms with Gasteiger partial charge in [-0.1, -0.05) is 12.1 Å². The number of ether oxygens (including phenoxy) is 1. The van der Waals surface area contributed by atoms with Crippen LogP contribution in [0.4, 0.5) is 23.0 Å². The number of benzene rings is 1. The van der Waals surface area contributed by atoms with Crippen molar-refractivity contribution in [3.63, 3.8) is 0 Å². The van der Waals surface area contributed by atoms with Crippen LogP contribution < -0.4 is 20.9 Å². The predicted octanol–water partition coefficient (Wildman–Crippen LogP) is 2.29. The lowest BCUT2D eigenvalue weighted by Crippen LogP contribution is -2.30. The molecule has 11 heteroatoms. The van der Waals surface area contributed by atoms with Crippen molar-refractivity contribution in [2.45, 2.75) is 0 Å². The zero-order valence-corrected chi connectivity index (χ0v) is 14.6. The third kappa shape index (κ3) is 4.09. The monoisotopic (exact) mass is 381 g/mol. The molecule has 1 amide bonds. The molecular formula is C17H15N7O4. The summed E-state index contributed by atoms with van der Waals surface area (Å²) in [5.74, 6) is -0.409. The summed E-state index contributed by atoms with van der Waals surface area (Å²) in [6, 6.07) is 9.82. The highest BCUT2D eigenvalue weighted by atomic mass is 16.6. The highest BCUT2D eigenvalue weighted by molar-refractivity contribution is 5.97. The van der Waals surface area contributed by atoms with Crippen LogP contribution in [0.1, 0.15) is 10.4 Å². The van der Waals surface area contributed by atoms with Gasteiger partial charge in [-0.05, 0) is 24.3 Å². The van der Waals surface area contributed by atoms with E-state index in [-0.39, 0.29) is 17.2 Å². The molecule has 3 aromatic rings. The van der Waals surface area contributed by atoms with Crippen LogP contribution in [0, 0.1) is 10.1 Å². The Morgan fingerprint density at radius 1 is 1.11 bits per heavy atom. The fourth-order valence-corrected chi connectivity index (χ4v) is 2.32. The molecule has 11 nitrogen and oxygen atoms in total. The van der Waals surface area contributed by atoms with E-state index in [2.05, 4.69) is 31.1 Å². The Bertz CT molecular complexity index is 998. The Morgan fingerprint density at radius 3 is 2.54 bits per heavy atom. The van der Waals surface area contributed by atoms with Crippen LogP contribution in [-0.4, -0.2) is 32.9 Å². The lowest BCUT2D eigenvalue weighted by Gasteiger charge is -2.12. The summed E-state index contributed by atoms with van der Waals surface area (Å²) in [6.45, 7) is 0. The van der Waals surface area contributed by atoms with Crippen molar-refractivity contribution >= 4 is 28.9 Å². The van der Waals surface area contributed by atoms with Gasteiger partial charge in [-0.3, -0.25) is 30.7 Å². The standard InChI is InChI=1S/C17H15N7O4/c1-28-13-5-3-2-4-12(13)17(25)23-22-16-14(24(26)27)15(19-10-20-16)21-11-6-8-18-9-7-11/h2-10H,1H3,(H,23,25)(H2,18,19,20,21,22). The van der Waals surface area contributed by atoms with Gasteiger partial charge in [0.1, 0.15) is 12.1 Å². The molecule has 0 fully saturated rings.